The molecule has 0 aliphatic carbocycles. The van der Waals surface area contributed by atoms with Crippen molar-refractivity contribution in [2.75, 3.05) is 39.8 Å². The highest BCUT2D eigenvalue weighted by Crippen LogP contribution is 2.19. The van der Waals surface area contributed by atoms with Crippen molar-refractivity contribution in [3.8, 4) is 5.75 Å². The monoisotopic (exact) mass is 528 g/mol. The third kappa shape index (κ3) is 8.92. The number of piperidine rings is 1. The number of nitrogens with zero attached hydrogens (tertiary/aromatic N) is 2. The minimum absolute atomic E-state index is 0. The zero-order valence-corrected chi connectivity index (χ0v) is 20.3. The Morgan fingerprint density at radius 3 is 2.83 bits per heavy atom. The molecule has 3 rings (SSSR count). The number of halogens is 1. The number of aliphatic imine (C=N–C) groups is 1. The summed E-state index contributed by atoms with van der Waals surface area (Å²) in [6.07, 6.45) is 3.50. The van der Waals surface area contributed by atoms with Gasteiger partial charge in [-0.05, 0) is 55.3 Å². The summed E-state index contributed by atoms with van der Waals surface area (Å²) < 4.78 is 5.73. The van der Waals surface area contributed by atoms with Crippen LogP contribution in [0.1, 0.15) is 24.1 Å². The summed E-state index contributed by atoms with van der Waals surface area (Å²) in [5, 5.41) is 9.06. The van der Waals surface area contributed by atoms with E-state index in [4.69, 9.17) is 4.74 Å². The number of ether oxygens (including phenoxy) is 1. The van der Waals surface area contributed by atoms with Crippen LogP contribution in [0.3, 0.4) is 0 Å². The number of hydrogen-bond donors (Lipinski definition) is 2. The molecule has 29 heavy (non-hydrogen) atoms. The van der Waals surface area contributed by atoms with Gasteiger partial charge in [0, 0.05) is 38.1 Å². The largest absolute Gasteiger partial charge is 0.494 e. The normalized spacial score (nSPS) is 17.4. The van der Waals surface area contributed by atoms with Crippen molar-refractivity contribution in [2.24, 2.45) is 10.9 Å². The molecule has 1 aliphatic heterocycles. The van der Waals surface area contributed by atoms with Gasteiger partial charge in [-0.25, -0.2) is 0 Å². The van der Waals surface area contributed by atoms with Crippen LogP contribution in [0.2, 0.25) is 0 Å². The van der Waals surface area contributed by atoms with Gasteiger partial charge in [0.15, 0.2) is 5.96 Å². The van der Waals surface area contributed by atoms with Gasteiger partial charge < -0.3 is 15.4 Å². The molecule has 0 spiro atoms. The molecule has 0 amide bonds. The quantitative estimate of drug-likeness (QED) is 0.222. The predicted molar refractivity (Wildman–Crippen MR) is 134 cm³/mol. The third-order valence-electron chi connectivity index (χ3n) is 4.97. The Kier molecular flexibility index (Phi) is 11.4. The zero-order valence-electron chi connectivity index (χ0n) is 17.2. The fraction of sp³-hybridized carbons (Fsp3) is 0.500. The molecule has 2 N–H and O–H groups in total. The first-order valence-corrected chi connectivity index (χ1v) is 11.1. The molecule has 1 aromatic carbocycles. The SMILES string of the molecule is CN=C(NCCCOc1ccccc1)NCC1CCCN(Cc2cccs2)C1.I. The summed E-state index contributed by atoms with van der Waals surface area (Å²) in [5.41, 5.74) is 0. The van der Waals surface area contributed by atoms with E-state index in [0.29, 0.717) is 12.5 Å². The van der Waals surface area contributed by atoms with Gasteiger partial charge in [-0.1, -0.05) is 24.3 Å². The lowest BCUT2D eigenvalue weighted by molar-refractivity contribution is 0.169. The lowest BCUT2D eigenvalue weighted by Gasteiger charge is -2.32. The second kappa shape index (κ2) is 13.8. The molecule has 0 bridgehead atoms. The second-order valence-corrected chi connectivity index (χ2v) is 8.25. The molecule has 1 atom stereocenters. The number of likely N-dealkylation sites (tertiary alicyclic amines) is 1. The highest BCUT2D eigenvalue weighted by molar-refractivity contribution is 14.0. The fourth-order valence-electron chi connectivity index (χ4n) is 3.53. The van der Waals surface area contributed by atoms with Gasteiger partial charge in [-0.3, -0.25) is 9.89 Å². The average Bonchev–Trinajstić information content (AvgIpc) is 3.24. The van der Waals surface area contributed by atoms with Crippen molar-refractivity contribution in [1.82, 2.24) is 15.5 Å². The van der Waals surface area contributed by atoms with Crippen LogP contribution >= 0.6 is 35.3 Å². The fourth-order valence-corrected chi connectivity index (χ4v) is 4.28. The maximum Gasteiger partial charge on any atom is 0.190 e. The van der Waals surface area contributed by atoms with E-state index in [1.165, 1.54) is 24.3 Å². The van der Waals surface area contributed by atoms with Crippen molar-refractivity contribution in [2.45, 2.75) is 25.8 Å². The van der Waals surface area contributed by atoms with Crippen LogP contribution in [0.5, 0.6) is 5.75 Å². The van der Waals surface area contributed by atoms with Gasteiger partial charge >= 0.3 is 0 Å². The van der Waals surface area contributed by atoms with Gasteiger partial charge in [0.05, 0.1) is 6.61 Å². The first-order chi connectivity index (χ1) is 13.8. The van der Waals surface area contributed by atoms with Gasteiger partial charge in [0.2, 0.25) is 0 Å². The Bertz CT molecular complexity index is 696. The van der Waals surface area contributed by atoms with E-state index in [2.05, 4.69) is 38.0 Å². The van der Waals surface area contributed by atoms with E-state index < -0.39 is 0 Å². The standard InChI is InChI=1S/C22H32N4OS.HI/c1-23-22(24-12-7-14-27-20-9-3-2-4-10-20)25-16-19-8-5-13-26(17-19)18-21-11-6-15-28-21;/h2-4,6,9-11,15,19H,5,7-8,12-14,16-18H2,1H3,(H2,23,24,25);1H. The molecule has 160 valence electrons. The average molecular weight is 529 g/mol. The lowest BCUT2D eigenvalue weighted by atomic mass is 9.98. The number of rotatable bonds is 9. The summed E-state index contributed by atoms with van der Waals surface area (Å²) in [5.74, 6) is 2.48. The highest BCUT2D eigenvalue weighted by atomic mass is 127. The number of nitrogens with one attached hydrogen (secondary N) is 2. The van der Waals surface area contributed by atoms with Gasteiger partial charge in [0.1, 0.15) is 5.75 Å². The van der Waals surface area contributed by atoms with E-state index in [1.807, 2.05) is 48.7 Å². The van der Waals surface area contributed by atoms with E-state index in [-0.39, 0.29) is 24.0 Å². The summed E-state index contributed by atoms with van der Waals surface area (Å²) in [7, 11) is 1.83. The number of benzene rings is 1. The number of thiophene rings is 1. The van der Waals surface area contributed by atoms with Crippen molar-refractivity contribution in [3.63, 3.8) is 0 Å². The smallest absolute Gasteiger partial charge is 0.190 e. The van der Waals surface area contributed by atoms with Crippen molar-refractivity contribution < 1.29 is 4.74 Å². The molecule has 2 heterocycles. The summed E-state index contributed by atoms with van der Waals surface area (Å²) >= 11 is 1.85. The van der Waals surface area contributed by atoms with Crippen molar-refractivity contribution in [3.05, 3.63) is 52.7 Å². The summed E-state index contributed by atoms with van der Waals surface area (Å²) in [6, 6.07) is 14.3. The van der Waals surface area contributed by atoms with E-state index in [1.54, 1.807) is 0 Å². The van der Waals surface area contributed by atoms with E-state index in [0.717, 1.165) is 44.3 Å². The Labute approximate surface area is 196 Å². The molecule has 5 nitrogen and oxygen atoms in total. The topological polar surface area (TPSA) is 48.9 Å². The highest BCUT2D eigenvalue weighted by Gasteiger charge is 2.20. The molecule has 1 saturated heterocycles. The van der Waals surface area contributed by atoms with Crippen LogP contribution in [0.15, 0.2) is 52.8 Å². The Morgan fingerprint density at radius 1 is 1.21 bits per heavy atom. The van der Waals surface area contributed by atoms with Crippen molar-refractivity contribution >= 4 is 41.3 Å². The van der Waals surface area contributed by atoms with Gasteiger partial charge in [-0.2, -0.15) is 0 Å². The van der Waals surface area contributed by atoms with Crippen LogP contribution in [-0.4, -0.2) is 50.7 Å². The maximum atomic E-state index is 5.73. The molecule has 1 unspecified atom stereocenters. The predicted octanol–water partition coefficient (Wildman–Crippen LogP) is 4.21. The minimum atomic E-state index is 0. The zero-order chi connectivity index (χ0) is 19.4. The first-order valence-electron chi connectivity index (χ1n) is 10.2. The number of hydrogen-bond acceptors (Lipinski definition) is 4. The van der Waals surface area contributed by atoms with Gasteiger partial charge in [-0.15, -0.1) is 35.3 Å². The van der Waals surface area contributed by atoms with Crippen LogP contribution in [0.4, 0.5) is 0 Å². The van der Waals surface area contributed by atoms with Crippen LogP contribution in [-0.2, 0) is 6.54 Å². The molecule has 2 aromatic rings. The molecule has 0 saturated carbocycles. The Hall–Kier alpha value is -1.32. The molecular formula is C22H33IN4OS. The van der Waals surface area contributed by atoms with E-state index in [9.17, 15) is 0 Å². The third-order valence-corrected chi connectivity index (χ3v) is 5.83. The molecular weight excluding hydrogens is 495 g/mol. The van der Waals surface area contributed by atoms with Gasteiger partial charge in [0.25, 0.3) is 0 Å². The number of guanidine groups is 1. The minimum Gasteiger partial charge on any atom is -0.494 e. The van der Waals surface area contributed by atoms with Crippen molar-refractivity contribution in [1.29, 1.82) is 0 Å². The molecule has 0 radical (unpaired) electrons. The molecule has 1 aromatic heterocycles. The Balaban J connectivity index is 0.00000300. The first kappa shape index (κ1) is 24.0. The molecule has 1 fully saturated rings. The van der Waals surface area contributed by atoms with Crippen LogP contribution < -0.4 is 15.4 Å². The van der Waals surface area contributed by atoms with Crippen LogP contribution in [0.25, 0.3) is 0 Å². The molecule has 1 aliphatic rings. The van der Waals surface area contributed by atoms with E-state index >= 15 is 0 Å². The molecule has 7 heteroatoms. The lowest BCUT2D eigenvalue weighted by Crippen LogP contribution is -2.44. The number of para-hydroxylation sites is 1. The summed E-state index contributed by atoms with van der Waals surface area (Å²) in [6.45, 7) is 5.98. The Morgan fingerprint density at radius 2 is 2.07 bits per heavy atom. The summed E-state index contributed by atoms with van der Waals surface area (Å²) in [4.78, 5) is 8.39. The maximum absolute atomic E-state index is 5.73. The van der Waals surface area contributed by atoms with Crippen LogP contribution in [0, 0.1) is 5.92 Å². The second-order valence-electron chi connectivity index (χ2n) is 7.22.